The summed E-state index contributed by atoms with van der Waals surface area (Å²) >= 11 is 0. The zero-order valence-corrected chi connectivity index (χ0v) is 14.5. The first-order valence-corrected chi connectivity index (χ1v) is 8.21. The van der Waals surface area contributed by atoms with Crippen LogP contribution in [-0.2, 0) is 16.1 Å². The van der Waals surface area contributed by atoms with E-state index in [1.165, 1.54) is 7.11 Å². The molecule has 4 nitrogen and oxygen atoms in total. The minimum atomic E-state index is -0.282. The molecule has 2 aromatic carbocycles. The van der Waals surface area contributed by atoms with Gasteiger partial charge in [0.05, 0.1) is 7.11 Å². The van der Waals surface area contributed by atoms with Crippen molar-refractivity contribution < 1.29 is 14.3 Å². The first-order chi connectivity index (χ1) is 11.6. The van der Waals surface area contributed by atoms with E-state index in [9.17, 15) is 4.79 Å². The van der Waals surface area contributed by atoms with Crippen molar-refractivity contribution >= 4 is 5.97 Å². The molecule has 0 aliphatic carbocycles. The van der Waals surface area contributed by atoms with Crippen molar-refractivity contribution in [2.45, 2.75) is 32.9 Å². The number of nitrogens with one attached hydrogen (secondary N) is 1. The van der Waals surface area contributed by atoms with Crippen molar-refractivity contribution in [2.75, 3.05) is 7.11 Å². The number of carbonyl (C=O) groups is 1. The molecule has 1 unspecified atom stereocenters. The molecule has 2 aromatic rings. The van der Waals surface area contributed by atoms with Crippen LogP contribution in [0.1, 0.15) is 25.8 Å². The van der Waals surface area contributed by atoms with Gasteiger partial charge >= 0.3 is 5.97 Å². The summed E-state index contributed by atoms with van der Waals surface area (Å²) < 4.78 is 10.6. The lowest BCUT2D eigenvalue weighted by Gasteiger charge is -2.18. The average molecular weight is 327 g/mol. The van der Waals surface area contributed by atoms with Gasteiger partial charge in [-0.3, -0.25) is 4.79 Å². The summed E-state index contributed by atoms with van der Waals surface area (Å²) in [5.74, 6) is 1.80. The van der Waals surface area contributed by atoms with Crippen LogP contribution in [0.15, 0.2) is 54.6 Å². The molecule has 0 radical (unpaired) electrons. The Kier molecular flexibility index (Phi) is 6.82. The molecule has 0 aliphatic rings. The number of rotatable bonds is 8. The fourth-order valence-electron chi connectivity index (χ4n) is 2.42. The summed E-state index contributed by atoms with van der Waals surface area (Å²) in [7, 11) is 1.42. The predicted molar refractivity (Wildman–Crippen MR) is 95.1 cm³/mol. The van der Waals surface area contributed by atoms with E-state index in [1.54, 1.807) is 0 Å². The van der Waals surface area contributed by atoms with E-state index in [0.717, 1.165) is 23.5 Å². The number of carbonyl (C=O) groups excluding carboxylic acids is 1. The standard InChI is InChI=1S/C20H25NO3/c1-15(2)13-19(20(22)23-3)21-14-16-9-11-18(12-10-16)24-17-7-5-4-6-8-17/h4-12,15,19,21H,13-14H2,1-3H3. The highest BCUT2D eigenvalue weighted by molar-refractivity contribution is 5.75. The van der Waals surface area contributed by atoms with E-state index in [1.807, 2.05) is 54.6 Å². The second-order valence-corrected chi connectivity index (χ2v) is 6.15. The van der Waals surface area contributed by atoms with E-state index < -0.39 is 0 Å². The molecule has 1 N–H and O–H groups in total. The van der Waals surface area contributed by atoms with Gasteiger partial charge in [-0.15, -0.1) is 0 Å². The van der Waals surface area contributed by atoms with Gasteiger partial charge in [-0.2, -0.15) is 0 Å². The second-order valence-electron chi connectivity index (χ2n) is 6.15. The minimum Gasteiger partial charge on any atom is -0.468 e. The Labute approximate surface area is 143 Å². The number of hydrogen-bond acceptors (Lipinski definition) is 4. The maximum absolute atomic E-state index is 11.8. The van der Waals surface area contributed by atoms with Crippen LogP contribution in [-0.4, -0.2) is 19.1 Å². The topological polar surface area (TPSA) is 47.6 Å². The second kappa shape index (κ2) is 9.08. The summed E-state index contributed by atoms with van der Waals surface area (Å²) in [5.41, 5.74) is 1.09. The fraction of sp³-hybridized carbons (Fsp3) is 0.350. The molecule has 4 heteroatoms. The first kappa shape index (κ1) is 18.0. The third-order valence-corrected chi connectivity index (χ3v) is 3.65. The van der Waals surface area contributed by atoms with E-state index in [4.69, 9.17) is 9.47 Å². The largest absolute Gasteiger partial charge is 0.468 e. The molecule has 2 rings (SSSR count). The van der Waals surface area contributed by atoms with Gasteiger partial charge in [-0.25, -0.2) is 0 Å². The highest BCUT2D eigenvalue weighted by Crippen LogP contribution is 2.21. The zero-order valence-electron chi connectivity index (χ0n) is 14.5. The molecule has 0 fully saturated rings. The van der Waals surface area contributed by atoms with E-state index in [0.29, 0.717) is 12.5 Å². The molecule has 0 aliphatic heterocycles. The van der Waals surface area contributed by atoms with Crippen LogP contribution >= 0.6 is 0 Å². The highest BCUT2D eigenvalue weighted by Gasteiger charge is 2.19. The molecule has 0 spiro atoms. The lowest BCUT2D eigenvalue weighted by molar-refractivity contribution is -0.143. The number of para-hydroxylation sites is 1. The Bertz CT molecular complexity index is 623. The van der Waals surface area contributed by atoms with E-state index in [2.05, 4.69) is 19.2 Å². The average Bonchev–Trinajstić information content (AvgIpc) is 2.60. The zero-order chi connectivity index (χ0) is 17.4. The van der Waals surface area contributed by atoms with Crippen LogP contribution in [0.3, 0.4) is 0 Å². The van der Waals surface area contributed by atoms with Crippen LogP contribution < -0.4 is 10.1 Å². The monoisotopic (exact) mass is 327 g/mol. The number of ether oxygens (including phenoxy) is 2. The Morgan fingerprint density at radius 3 is 2.21 bits per heavy atom. The molecular formula is C20H25NO3. The Balaban J connectivity index is 1.91. The normalized spacial score (nSPS) is 12.0. The van der Waals surface area contributed by atoms with Crippen molar-refractivity contribution in [3.8, 4) is 11.5 Å². The quantitative estimate of drug-likeness (QED) is 0.740. The van der Waals surface area contributed by atoms with Crippen molar-refractivity contribution in [3.05, 3.63) is 60.2 Å². The summed E-state index contributed by atoms with van der Waals surface area (Å²) in [6.07, 6.45) is 0.752. The minimum absolute atomic E-state index is 0.215. The molecule has 128 valence electrons. The molecule has 0 amide bonds. The van der Waals surface area contributed by atoms with Gasteiger partial charge in [0, 0.05) is 6.54 Å². The number of esters is 1. The lowest BCUT2D eigenvalue weighted by Crippen LogP contribution is -2.38. The van der Waals surface area contributed by atoms with Crippen molar-refractivity contribution in [2.24, 2.45) is 5.92 Å². The van der Waals surface area contributed by atoms with Gasteiger partial charge < -0.3 is 14.8 Å². The van der Waals surface area contributed by atoms with Crippen molar-refractivity contribution in [1.82, 2.24) is 5.32 Å². The SMILES string of the molecule is COC(=O)C(CC(C)C)NCc1ccc(Oc2ccccc2)cc1. The van der Waals surface area contributed by atoms with Crippen molar-refractivity contribution in [3.63, 3.8) is 0 Å². The van der Waals surface area contributed by atoms with Gasteiger partial charge in [-0.05, 0) is 42.2 Å². The smallest absolute Gasteiger partial charge is 0.322 e. The Hall–Kier alpha value is -2.33. The highest BCUT2D eigenvalue weighted by atomic mass is 16.5. The molecule has 0 bridgehead atoms. The van der Waals surface area contributed by atoms with Crippen molar-refractivity contribution in [1.29, 1.82) is 0 Å². The predicted octanol–water partition coefficient (Wildman–Crippen LogP) is 4.16. The third-order valence-electron chi connectivity index (χ3n) is 3.65. The Morgan fingerprint density at radius 2 is 1.62 bits per heavy atom. The first-order valence-electron chi connectivity index (χ1n) is 8.21. The van der Waals surface area contributed by atoms with E-state index in [-0.39, 0.29) is 12.0 Å². The molecular weight excluding hydrogens is 302 g/mol. The molecule has 0 saturated carbocycles. The molecule has 0 heterocycles. The number of hydrogen-bond donors (Lipinski definition) is 1. The van der Waals surface area contributed by atoms with Crippen LogP contribution in [0.5, 0.6) is 11.5 Å². The number of methoxy groups -OCH3 is 1. The third kappa shape index (κ3) is 5.70. The van der Waals surface area contributed by atoms with Crippen LogP contribution in [0.2, 0.25) is 0 Å². The van der Waals surface area contributed by atoms with Crippen LogP contribution in [0.25, 0.3) is 0 Å². The Morgan fingerprint density at radius 1 is 1.00 bits per heavy atom. The molecule has 0 aromatic heterocycles. The summed E-state index contributed by atoms with van der Waals surface area (Å²) in [6.45, 7) is 4.79. The lowest BCUT2D eigenvalue weighted by atomic mass is 10.0. The summed E-state index contributed by atoms with van der Waals surface area (Å²) in [5, 5.41) is 3.27. The van der Waals surface area contributed by atoms with Gasteiger partial charge in [0.2, 0.25) is 0 Å². The maximum atomic E-state index is 11.8. The fourth-order valence-corrected chi connectivity index (χ4v) is 2.42. The van der Waals surface area contributed by atoms with E-state index >= 15 is 0 Å². The van der Waals surface area contributed by atoms with Gasteiger partial charge in [0.1, 0.15) is 17.5 Å². The van der Waals surface area contributed by atoms with Gasteiger partial charge in [0.15, 0.2) is 0 Å². The van der Waals surface area contributed by atoms with Crippen LogP contribution in [0.4, 0.5) is 0 Å². The molecule has 24 heavy (non-hydrogen) atoms. The summed E-state index contributed by atoms with van der Waals surface area (Å²) in [6, 6.07) is 17.2. The summed E-state index contributed by atoms with van der Waals surface area (Å²) in [4.78, 5) is 11.8. The maximum Gasteiger partial charge on any atom is 0.322 e. The van der Waals surface area contributed by atoms with Crippen LogP contribution in [0, 0.1) is 5.92 Å². The molecule has 0 saturated heterocycles. The van der Waals surface area contributed by atoms with Gasteiger partial charge in [0.25, 0.3) is 0 Å². The molecule has 1 atom stereocenters. The number of benzene rings is 2. The van der Waals surface area contributed by atoms with Gasteiger partial charge in [-0.1, -0.05) is 44.2 Å².